The van der Waals surface area contributed by atoms with Crippen LogP contribution in [-0.4, -0.2) is 16.1 Å². The number of benzene rings is 2. The van der Waals surface area contributed by atoms with E-state index in [4.69, 9.17) is 4.74 Å². The average molecular weight is 265 g/mol. The minimum absolute atomic E-state index is 0.495. The van der Waals surface area contributed by atoms with Crippen LogP contribution in [0.3, 0.4) is 0 Å². The lowest BCUT2D eigenvalue weighted by atomic mass is 10.2. The van der Waals surface area contributed by atoms with Gasteiger partial charge in [0.15, 0.2) is 0 Å². The van der Waals surface area contributed by atoms with Gasteiger partial charge < -0.3 is 4.74 Å². The molecule has 1 aromatic heterocycles. The van der Waals surface area contributed by atoms with Crippen molar-refractivity contribution >= 4 is 22.7 Å². The van der Waals surface area contributed by atoms with E-state index in [2.05, 4.69) is 15.3 Å². The zero-order chi connectivity index (χ0) is 13.8. The molecule has 0 unspecified atom stereocenters. The summed E-state index contributed by atoms with van der Waals surface area (Å²) in [5.41, 5.74) is 1.45. The molecule has 20 heavy (non-hydrogen) atoms. The first-order valence-electron chi connectivity index (χ1n) is 6.05. The Kier molecular flexibility index (Phi) is 3.24. The summed E-state index contributed by atoms with van der Waals surface area (Å²) < 4.78 is 5.15. The molecule has 1 amide bonds. The molecular formula is C15H11N3O2. The van der Waals surface area contributed by atoms with Crippen LogP contribution in [0.15, 0.2) is 61.1 Å². The second-order valence-electron chi connectivity index (χ2n) is 4.12. The SMILES string of the molecule is O=C(Nc1ccc2ncncc2c1)Oc1ccccc1. The lowest BCUT2D eigenvalue weighted by Gasteiger charge is -2.07. The van der Waals surface area contributed by atoms with Crippen molar-refractivity contribution in [1.29, 1.82) is 0 Å². The molecule has 0 radical (unpaired) electrons. The van der Waals surface area contributed by atoms with E-state index in [-0.39, 0.29) is 0 Å². The molecule has 2 aromatic carbocycles. The zero-order valence-corrected chi connectivity index (χ0v) is 10.5. The van der Waals surface area contributed by atoms with Gasteiger partial charge in [-0.1, -0.05) is 18.2 Å². The fraction of sp³-hybridized carbons (Fsp3) is 0. The topological polar surface area (TPSA) is 64.1 Å². The van der Waals surface area contributed by atoms with Crippen LogP contribution < -0.4 is 10.1 Å². The summed E-state index contributed by atoms with van der Waals surface area (Å²) in [6.45, 7) is 0. The van der Waals surface area contributed by atoms with Gasteiger partial charge in [-0.3, -0.25) is 5.32 Å². The largest absolute Gasteiger partial charge is 0.417 e. The van der Waals surface area contributed by atoms with E-state index in [0.29, 0.717) is 11.4 Å². The lowest BCUT2D eigenvalue weighted by molar-refractivity contribution is 0.215. The highest BCUT2D eigenvalue weighted by atomic mass is 16.6. The number of hydrogen-bond acceptors (Lipinski definition) is 4. The van der Waals surface area contributed by atoms with Gasteiger partial charge >= 0.3 is 6.09 Å². The van der Waals surface area contributed by atoms with E-state index in [9.17, 15) is 4.79 Å². The molecule has 0 spiro atoms. The third kappa shape index (κ3) is 2.72. The van der Waals surface area contributed by atoms with Crippen LogP contribution in [0.5, 0.6) is 5.75 Å². The summed E-state index contributed by atoms with van der Waals surface area (Å²) in [5, 5.41) is 3.52. The number of para-hydroxylation sites is 1. The van der Waals surface area contributed by atoms with Crippen molar-refractivity contribution in [2.75, 3.05) is 5.32 Å². The molecule has 0 saturated heterocycles. The van der Waals surface area contributed by atoms with Crippen molar-refractivity contribution < 1.29 is 9.53 Å². The number of amides is 1. The Labute approximate surface area is 115 Å². The van der Waals surface area contributed by atoms with Crippen LogP contribution in [0, 0.1) is 0 Å². The Morgan fingerprint density at radius 1 is 1.10 bits per heavy atom. The van der Waals surface area contributed by atoms with Gasteiger partial charge in [0.1, 0.15) is 12.1 Å². The summed E-state index contributed by atoms with van der Waals surface area (Å²) in [6, 6.07) is 14.3. The van der Waals surface area contributed by atoms with Crippen LogP contribution in [0.1, 0.15) is 0 Å². The molecule has 0 fully saturated rings. The molecular weight excluding hydrogens is 254 g/mol. The third-order valence-electron chi connectivity index (χ3n) is 2.70. The van der Waals surface area contributed by atoms with Crippen LogP contribution >= 0.6 is 0 Å². The van der Waals surface area contributed by atoms with Gasteiger partial charge in [0, 0.05) is 17.3 Å². The Morgan fingerprint density at radius 2 is 1.95 bits per heavy atom. The molecule has 0 aliphatic carbocycles. The summed E-state index contributed by atoms with van der Waals surface area (Å²) in [7, 11) is 0. The maximum atomic E-state index is 11.8. The highest BCUT2D eigenvalue weighted by molar-refractivity contribution is 5.90. The molecule has 0 saturated carbocycles. The van der Waals surface area contributed by atoms with Crippen molar-refractivity contribution in [3.8, 4) is 5.75 Å². The van der Waals surface area contributed by atoms with Gasteiger partial charge in [-0.25, -0.2) is 14.8 Å². The number of aromatic nitrogens is 2. The summed E-state index contributed by atoms with van der Waals surface area (Å²) >= 11 is 0. The first-order valence-corrected chi connectivity index (χ1v) is 6.05. The second kappa shape index (κ2) is 5.36. The fourth-order valence-electron chi connectivity index (χ4n) is 1.80. The molecule has 1 heterocycles. The van der Waals surface area contributed by atoms with Gasteiger partial charge in [-0.2, -0.15) is 0 Å². The monoisotopic (exact) mass is 265 g/mol. The first-order chi connectivity index (χ1) is 9.81. The summed E-state index contributed by atoms with van der Waals surface area (Å²) in [6.07, 6.45) is 2.64. The van der Waals surface area contributed by atoms with Gasteiger partial charge in [0.25, 0.3) is 0 Å². The second-order valence-corrected chi connectivity index (χ2v) is 4.12. The third-order valence-corrected chi connectivity index (χ3v) is 2.70. The fourth-order valence-corrected chi connectivity index (χ4v) is 1.80. The van der Waals surface area contributed by atoms with E-state index in [1.807, 2.05) is 12.1 Å². The van der Waals surface area contributed by atoms with Gasteiger partial charge in [0.2, 0.25) is 0 Å². The maximum Gasteiger partial charge on any atom is 0.417 e. The highest BCUT2D eigenvalue weighted by Crippen LogP contribution is 2.17. The molecule has 0 atom stereocenters. The Hall–Kier alpha value is -2.95. The number of carbonyl (C=O) groups is 1. The van der Waals surface area contributed by atoms with Crippen molar-refractivity contribution in [2.24, 2.45) is 0 Å². The van der Waals surface area contributed by atoms with Gasteiger partial charge in [0.05, 0.1) is 5.52 Å². The van der Waals surface area contributed by atoms with E-state index in [1.54, 1.807) is 42.6 Å². The molecule has 3 aromatic rings. The number of nitrogens with one attached hydrogen (secondary N) is 1. The lowest BCUT2D eigenvalue weighted by Crippen LogP contribution is -2.16. The number of ether oxygens (including phenoxy) is 1. The van der Waals surface area contributed by atoms with Crippen molar-refractivity contribution in [1.82, 2.24) is 9.97 Å². The first kappa shape index (κ1) is 12.1. The number of hydrogen-bond donors (Lipinski definition) is 1. The molecule has 1 N–H and O–H groups in total. The number of carbonyl (C=O) groups excluding carboxylic acids is 1. The van der Waals surface area contributed by atoms with Crippen molar-refractivity contribution in [2.45, 2.75) is 0 Å². The normalized spacial score (nSPS) is 10.2. The van der Waals surface area contributed by atoms with E-state index in [1.165, 1.54) is 6.33 Å². The predicted molar refractivity (Wildman–Crippen MR) is 75.6 cm³/mol. The molecule has 98 valence electrons. The predicted octanol–water partition coefficient (Wildman–Crippen LogP) is 3.24. The maximum absolute atomic E-state index is 11.8. The molecule has 0 bridgehead atoms. The number of fused-ring (bicyclic) bond motifs is 1. The Bertz CT molecular complexity index is 744. The Balaban J connectivity index is 1.74. The van der Waals surface area contributed by atoms with E-state index < -0.39 is 6.09 Å². The minimum atomic E-state index is -0.535. The van der Waals surface area contributed by atoms with E-state index >= 15 is 0 Å². The van der Waals surface area contributed by atoms with Crippen LogP contribution in [0.2, 0.25) is 0 Å². The Morgan fingerprint density at radius 3 is 2.80 bits per heavy atom. The van der Waals surface area contributed by atoms with Gasteiger partial charge in [-0.15, -0.1) is 0 Å². The average Bonchev–Trinajstić information content (AvgIpc) is 2.48. The molecule has 0 aliphatic heterocycles. The summed E-state index contributed by atoms with van der Waals surface area (Å²) in [5.74, 6) is 0.495. The number of rotatable bonds is 2. The molecule has 0 aliphatic rings. The summed E-state index contributed by atoms with van der Waals surface area (Å²) in [4.78, 5) is 19.8. The molecule has 5 nitrogen and oxygen atoms in total. The number of anilines is 1. The van der Waals surface area contributed by atoms with Gasteiger partial charge in [-0.05, 0) is 30.3 Å². The number of nitrogens with zero attached hydrogens (tertiary/aromatic N) is 2. The van der Waals surface area contributed by atoms with Crippen LogP contribution in [-0.2, 0) is 0 Å². The van der Waals surface area contributed by atoms with E-state index in [0.717, 1.165) is 10.9 Å². The smallest absolute Gasteiger partial charge is 0.410 e. The highest BCUT2D eigenvalue weighted by Gasteiger charge is 2.05. The standard InChI is InChI=1S/C15H11N3O2/c19-15(20-13-4-2-1-3-5-13)18-12-6-7-14-11(8-12)9-16-10-17-14/h1-10H,(H,18,19). The van der Waals surface area contributed by atoms with Crippen molar-refractivity contribution in [3.05, 3.63) is 61.1 Å². The molecule has 3 rings (SSSR count). The van der Waals surface area contributed by atoms with Crippen LogP contribution in [0.4, 0.5) is 10.5 Å². The minimum Gasteiger partial charge on any atom is -0.410 e. The quantitative estimate of drug-likeness (QED) is 0.772. The van der Waals surface area contributed by atoms with Crippen LogP contribution in [0.25, 0.3) is 10.9 Å². The zero-order valence-electron chi connectivity index (χ0n) is 10.5. The van der Waals surface area contributed by atoms with Crippen molar-refractivity contribution in [3.63, 3.8) is 0 Å². The molecule has 5 heteroatoms.